The summed E-state index contributed by atoms with van der Waals surface area (Å²) in [5.41, 5.74) is -0.818. The van der Waals surface area contributed by atoms with E-state index in [9.17, 15) is 9.90 Å². The first-order valence-electron chi connectivity index (χ1n) is 6.49. The molecule has 1 N–H and O–H groups in total. The van der Waals surface area contributed by atoms with E-state index in [0.717, 1.165) is 19.3 Å². The van der Waals surface area contributed by atoms with Crippen LogP contribution in [0.2, 0.25) is 0 Å². The lowest BCUT2D eigenvalue weighted by Gasteiger charge is -2.39. The highest BCUT2D eigenvalue weighted by atomic mass is 16.5. The SMILES string of the molecule is C=CCCCC(C)(C)[C@H]1COC(C)(C)N1C(=O)O. The standard InChI is InChI=1S/C14H25NO3/c1-6-7-8-9-13(2,3)11-10-18-14(4,5)15(11)12(16)17/h6,11H,1,7-10H2,2-5H3,(H,16,17)/t11-/m1/s1. The quantitative estimate of drug-likeness (QED) is 0.604. The van der Waals surface area contributed by atoms with Crippen molar-refractivity contribution in [3.63, 3.8) is 0 Å². The van der Waals surface area contributed by atoms with Crippen LogP contribution in [-0.2, 0) is 4.74 Å². The molecule has 1 aliphatic heterocycles. The van der Waals surface area contributed by atoms with E-state index in [1.807, 2.05) is 6.08 Å². The first-order chi connectivity index (χ1) is 8.22. The van der Waals surface area contributed by atoms with Crippen LogP contribution in [-0.4, -0.2) is 34.5 Å². The van der Waals surface area contributed by atoms with E-state index < -0.39 is 11.8 Å². The van der Waals surface area contributed by atoms with Crippen molar-refractivity contribution in [1.29, 1.82) is 0 Å². The molecule has 1 amide bonds. The van der Waals surface area contributed by atoms with Crippen LogP contribution in [0.3, 0.4) is 0 Å². The molecule has 0 aromatic rings. The Hall–Kier alpha value is -1.03. The molecule has 0 bridgehead atoms. The molecule has 1 rings (SSSR count). The zero-order valence-electron chi connectivity index (χ0n) is 11.9. The molecule has 1 saturated heterocycles. The smallest absolute Gasteiger partial charge is 0.409 e. The van der Waals surface area contributed by atoms with E-state index in [0.29, 0.717) is 6.61 Å². The summed E-state index contributed by atoms with van der Waals surface area (Å²) in [4.78, 5) is 12.9. The van der Waals surface area contributed by atoms with E-state index >= 15 is 0 Å². The molecular formula is C14H25NO3. The van der Waals surface area contributed by atoms with E-state index in [1.54, 1.807) is 13.8 Å². The molecule has 4 nitrogen and oxygen atoms in total. The average molecular weight is 255 g/mol. The molecule has 0 aromatic carbocycles. The summed E-state index contributed by atoms with van der Waals surface area (Å²) in [6.07, 6.45) is 3.96. The first kappa shape index (κ1) is 15.0. The first-order valence-corrected chi connectivity index (χ1v) is 6.49. The van der Waals surface area contributed by atoms with Gasteiger partial charge in [-0.15, -0.1) is 6.58 Å². The fraction of sp³-hybridized carbons (Fsp3) is 0.786. The Bertz CT molecular complexity index is 323. The molecule has 4 heteroatoms. The monoisotopic (exact) mass is 255 g/mol. The van der Waals surface area contributed by atoms with Gasteiger partial charge in [-0.2, -0.15) is 0 Å². The normalized spacial score (nSPS) is 23.1. The van der Waals surface area contributed by atoms with Gasteiger partial charge in [0.25, 0.3) is 0 Å². The fourth-order valence-electron chi connectivity index (χ4n) is 2.61. The molecule has 1 heterocycles. The van der Waals surface area contributed by atoms with E-state index in [1.165, 1.54) is 4.90 Å². The van der Waals surface area contributed by atoms with Gasteiger partial charge in [0, 0.05) is 0 Å². The minimum absolute atomic E-state index is 0.0881. The van der Waals surface area contributed by atoms with Gasteiger partial charge in [-0.25, -0.2) is 4.79 Å². The maximum atomic E-state index is 11.4. The lowest BCUT2D eigenvalue weighted by atomic mass is 9.79. The molecule has 0 unspecified atom stereocenters. The molecule has 1 atom stereocenters. The molecule has 1 aliphatic rings. The Balaban J connectivity index is 2.80. The minimum atomic E-state index is -0.903. The summed E-state index contributed by atoms with van der Waals surface area (Å²) in [5.74, 6) is 0. The summed E-state index contributed by atoms with van der Waals surface area (Å²) in [5, 5.41) is 9.38. The van der Waals surface area contributed by atoms with Crippen molar-refractivity contribution < 1.29 is 14.6 Å². The summed E-state index contributed by atoms with van der Waals surface area (Å²) in [7, 11) is 0. The largest absolute Gasteiger partial charge is 0.465 e. The van der Waals surface area contributed by atoms with Crippen molar-refractivity contribution in [2.45, 2.75) is 58.7 Å². The average Bonchev–Trinajstić information content (AvgIpc) is 2.55. The molecule has 0 aliphatic carbocycles. The van der Waals surface area contributed by atoms with Gasteiger partial charge in [-0.3, -0.25) is 4.90 Å². The van der Waals surface area contributed by atoms with Gasteiger partial charge in [0.05, 0.1) is 12.6 Å². The Morgan fingerprint density at radius 3 is 2.72 bits per heavy atom. The van der Waals surface area contributed by atoms with Gasteiger partial charge in [0.1, 0.15) is 5.72 Å². The second-order valence-electron chi connectivity index (χ2n) is 6.10. The highest BCUT2D eigenvalue weighted by molar-refractivity contribution is 5.66. The van der Waals surface area contributed by atoms with Crippen molar-refractivity contribution in [3.8, 4) is 0 Å². The van der Waals surface area contributed by atoms with Crippen LogP contribution < -0.4 is 0 Å². The van der Waals surface area contributed by atoms with Crippen molar-refractivity contribution in [1.82, 2.24) is 4.90 Å². The topological polar surface area (TPSA) is 49.8 Å². The zero-order chi connectivity index (χ0) is 14.0. The molecule has 0 spiro atoms. The van der Waals surface area contributed by atoms with E-state index in [4.69, 9.17) is 4.74 Å². The van der Waals surface area contributed by atoms with Crippen molar-refractivity contribution in [2.24, 2.45) is 5.41 Å². The number of nitrogens with zero attached hydrogens (tertiary/aromatic N) is 1. The highest BCUT2D eigenvalue weighted by Crippen LogP contribution is 2.39. The van der Waals surface area contributed by atoms with Crippen LogP contribution in [0.15, 0.2) is 12.7 Å². The van der Waals surface area contributed by atoms with Crippen LogP contribution in [0.1, 0.15) is 47.0 Å². The third-order valence-corrected chi connectivity index (χ3v) is 3.82. The number of hydrogen-bond acceptors (Lipinski definition) is 2. The lowest BCUT2D eigenvalue weighted by molar-refractivity contribution is -0.0460. The molecule has 104 valence electrons. The van der Waals surface area contributed by atoms with Crippen molar-refractivity contribution >= 4 is 6.09 Å². The Morgan fingerprint density at radius 2 is 2.22 bits per heavy atom. The third kappa shape index (κ3) is 3.05. The predicted octanol–water partition coefficient (Wildman–Crippen LogP) is 3.48. The maximum Gasteiger partial charge on any atom is 0.409 e. The van der Waals surface area contributed by atoms with Gasteiger partial charge in [-0.1, -0.05) is 19.9 Å². The lowest BCUT2D eigenvalue weighted by Crippen LogP contribution is -2.52. The number of allylic oxidation sites excluding steroid dienone is 1. The number of unbranched alkanes of at least 4 members (excludes halogenated alkanes) is 1. The number of hydrogen-bond donors (Lipinski definition) is 1. The number of ether oxygens (including phenoxy) is 1. The molecule has 0 radical (unpaired) electrons. The Morgan fingerprint density at radius 1 is 1.61 bits per heavy atom. The van der Waals surface area contributed by atoms with Crippen LogP contribution in [0.5, 0.6) is 0 Å². The Labute approximate surface area is 110 Å². The second kappa shape index (κ2) is 5.31. The fourth-order valence-corrected chi connectivity index (χ4v) is 2.61. The van der Waals surface area contributed by atoms with Gasteiger partial charge in [0.15, 0.2) is 0 Å². The molecule has 0 aromatic heterocycles. The van der Waals surface area contributed by atoms with Crippen LogP contribution in [0.4, 0.5) is 4.79 Å². The van der Waals surface area contributed by atoms with Crippen molar-refractivity contribution in [2.75, 3.05) is 6.61 Å². The highest BCUT2D eigenvalue weighted by Gasteiger charge is 2.49. The van der Waals surface area contributed by atoms with Crippen LogP contribution in [0.25, 0.3) is 0 Å². The summed E-state index contributed by atoms with van der Waals surface area (Å²) < 4.78 is 5.64. The van der Waals surface area contributed by atoms with E-state index in [-0.39, 0.29) is 11.5 Å². The number of amides is 1. The van der Waals surface area contributed by atoms with Crippen LogP contribution >= 0.6 is 0 Å². The minimum Gasteiger partial charge on any atom is -0.465 e. The van der Waals surface area contributed by atoms with E-state index in [2.05, 4.69) is 20.4 Å². The predicted molar refractivity (Wildman–Crippen MR) is 71.5 cm³/mol. The number of carboxylic acid groups (broad SMARTS) is 1. The van der Waals surface area contributed by atoms with Crippen LogP contribution in [0, 0.1) is 5.41 Å². The maximum absolute atomic E-state index is 11.4. The summed E-state index contributed by atoms with van der Waals surface area (Å²) >= 11 is 0. The van der Waals surface area contributed by atoms with Gasteiger partial charge >= 0.3 is 6.09 Å². The summed E-state index contributed by atoms with van der Waals surface area (Å²) in [6, 6.07) is -0.0881. The molecule has 0 saturated carbocycles. The number of rotatable bonds is 5. The zero-order valence-corrected chi connectivity index (χ0v) is 11.9. The van der Waals surface area contributed by atoms with Gasteiger partial charge < -0.3 is 9.84 Å². The molecule has 1 fully saturated rings. The van der Waals surface area contributed by atoms with Gasteiger partial charge in [0.2, 0.25) is 0 Å². The molecule has 18 heavy (non-hydrogen) atoms. The number of carbonyl (C=O) groups is 1. The third-order valence-electron chi connectivity index (χ3n) is 3.82. The van der Waals surface area contributed by atoms with Gasteiger partial charge in [-0.05, 0) is 38.5 Å². The van der Waals surface area contributed by atoms with Crippen molar-refractivity contribution in [3.05, 3.63) is 12.7 Å². The Kier molecular flexibility index (Phi) is 4.43. The summed E-state index contributed by atoms with van der Waals surface area (Å²) in [6.45, 7) is 12.0. The second-order valence-corrected chi connectivity index (χ2v) is 6.10. The molecular weight excluding hydrogens is 230 g/mol.